The second-order valence-electron chi connectivity index (χ2n) is 6.52. The van der Waals surface area contributed by atoms with Gasteiger partial charge in [0.1, 0.15) is 0 Å². The van der Waals surface area contributed by atoms with Crippen molar-refractivity contribution in [3.05, 3.63) is 48.0 Å². The van der Waals surface area contributed by atoms with Crippen molar-refractivity contribution >= 4 is 0 Å². The molecule has 2 bridgehead atoms. The molecule has 2 fully saturated rings. The van der Waals surface area contributed by atoms with Gasteiger partial charge in [-0.05, 0) is 48.0 Å². The van der Waals surface area contributed by atoms with Gasteiger partial charge in [0.2, 0.25) is 0 Å². The van der Waals surface area contributed by atoms with Crippen molar-refractivity contribution in [2.75, 3.05) is 0 Å². The Kier molecular flexibility index (Phi) is 2.26. The molecule has 3 unspecified atom stereocenters. The predicted molar refractivity (Wildman–Crippen MR) is 72.8 cm³/mol. The van der Waals surface area contributed by atoms with E-state index in [9.17, 15) is 0 Å². The van der Waals surface area contributed by atoms with Gasteiger partial charge in [-0.25, -0.2) is 0 Å². The number of rotatable bonds is 2. The molecule has 0 N–H and O–H groups in total. The van der Waals surface area contributed by atoms with E-state index in [1.165, 1.54) is 36.8 Å². The molecule has 0 heterocycles. The monoisotopic (exact) mass is 226 g/mol. The lowest BCUT2D eigenvalue weighted by Crippen LogP contribution is -2.36. The van der Waals surface area contributed by atoms with Crippen LogP contribution in [0.5, 0.6) is 0 Å². The van der Waals surface area contributed by atoms with Crippen LogP contribution in [0, 0.1) is 16.7 Å². The minimum absolute atomic E-state index is 0.317. The van der Waals surface area contributed by atoms with Crippen LogP contribution in [0.2, 0.25) is 0 Å². The van der Waals surface area contributed by atoms with Crippen LogP contribution in [0.15, 0.2) is 42.5 Å². The summed E-state index contributed by atoms with van der Waals surface area (Å²) >= 11 is 0. The molecule has 0 heteroatoms. The summed E-state index contributed by atoms with van der Waals surface area (Å²) < 4.78 is 0. The molecule has 90 valence electrons. The van der Waals surface area contributed by atoms with E-state index in [-0.39, 0.29) is 0 Å². The molecule has 0 radical (unpaired) electrons. The summed E-state index contributed by atoms with van der Waals surface area (Å²) in [6.45, 7) is 9.36. The first-order valence-corrected chi connectivity index (χ1v) is 6.78. The molecule has 1 aromatic carbocycles. The summed E-state index contributed by atoms with van der Waals surface area (Å²) in [5, 5.41) is 0. The number of fused-ring (bicyclic) bond motifs is 2. The molecule has 0 spiro atoms. The van der Waals surface area contributed by atoms with Gasteiger partial charge in [0.25, 0.3) is 0 Å². The van der Waals surface area contributed by atoms with E-state index in [1.54, 1.807) is 0 Å². The third kappa shape index (κ3) is 1.43. The molecule has 17 heavy (non-hydrogen) atoms. The lowest BCUT2D eigenvalue weighted by atomic mass is 9.60. The first-order valence-electron chi connectivity index (χ1n) is 6.78. The van der Waals surface area contributed by atoms with E-state index in [0.717, 1.165) is 5.92 Å². The molecular weight excluding hydrogens is 204 g/mol. The fraction of sp³-hybridized carbons (Fsp3) is 0.529. The molecular formula is C17H22. The molecule has 0 saturated heterocycles. The quantitative estimate of drug-likeness (QED) is 0.646. The van der Waals surface area contributed by atoms with Gasteiger partial charge >= 0.3 is 0 Å². The Morgan fingerprint density at radius 1 is 1.24 bits per heavy atom. The first-order chi connectivity index (χ1) is 8.05. The second kappa shape index (κ2) is 3.48. The standard InChI is InChI=1S/C17H22/c1-13-15-9-10-16(2,12-15)17(13,3)11-14-7-5-4-6-8-14/h4-8,15H,1,9-12H2,2-3H3. The number of hydrogen-bond donors (Lipinski definition) is 0. The maximum Gasteiger partial charge on any atom is -0.00220 e. The average Bonchev–Trinajstić information content (AvgIpc) is 2.79. The second-order valence-corrected chi connectivity index (χ2v) is 6.52. The Morgan fingerprint density at radius 2 is 1.94 bits per heavy atom. The highest BCUT2D eigenvalue weighted by Crippen LogP contribution is 2.67. The highest BCUT2D eigenvalue weighted by molar-refractivity contribution is 5.32. The summed E-state index contributed by atoms with van der Waals surface area (Å²) in [5.41, 5.74) is 3.79. The molecule has 0 nitrogen and oxygen atoms in total. The molecule has 0 aliphatic heterocycles. The van der Waals surface area contributed by atoms with Gasteiger partial charge in [-0.3, -0.25) is 0 Å². The van der Waals surface area contributed by atoms with E-state index < -0.39 is 0 Å². The van der Waals surface area contributed by atoms with E-state index in [1.807, 2.05) is 0 Å². The SMILES string of the molecule is C=C1C2CCC(C)(C2)C1(C)Cc1ccccc1. The minimum atomic E-state index is 0.317. The Hall–Kier alpha value is -1.04. The van der Waals surface area contributed by atoms with E-state index in [0.29, 0.717) is 10.8 Å². The zero-order valence-electron chi connectivity index (χ0n) is 11.0. The van der Waals surface area contributed by atoms with E-state index >= 15 is 0 Å². The summed E-state index contributed by atoms with van der Waals surface area (Å²) in [7, 11) is 0. The minimum Gasteiger partial charge on any atom is -0.0990 e. The smallest absolute Gasteiger partial charge is 0.00220 e. The van der Waals surface area contributed by atoms with Crippen molar-refractivity contribution in [3.8, 4) is 0 Å². The molecule has 2 aliphatic rings. The lowest BCUT2D eigenvalue weighted by molar-refractivity contribution is 0.135. The van der Waals surface area contributed by atoms with Crippen LogP contribution in [0.4, 0.5) is 0 Å². The summed E-state index contributed by atoms with van der Waals surface area (Å²) in [4.78, 5) is 0. The Balaban J connectivity index is 1.94. The fourth-order valence-electron chi connectivity index (χ4n) is 4.21. The van der Waals surface area contributed by atoms with Crippen molar-refractivity contribution < 1.29 is 0 Å². The van der Waals surface area contributed by atoms with Crippen molar-refractivity contribution in [2.24, 2.45) is 16.7 Å². The molecule has 3 rings (SSSR count). The van der Waals surface area contributed by atoms with Gasteiger partial charge in [-0.2, -0.15) is 0 Å². The van der Waals surface area contributed by atoms with Crippen molar-refractivity contribution in [1.82, 2.24) is 0 Å². The van der Waals surface area contributed by atoms with Gasteiger partial charge in [0.15, 0.2) is 0 Å². The van der Waals surface area contributed by atoms with Crippen LogP contribution in [0.1, 0.15) is 38.7 Å². The summed E-state index contributed by atoms with van der Waals surface area (Å²) in [6.07, 6.45) is 5.30. The normalized spacial score (nSPS) is 39.9. The lowest BCUT2D eigenvalue weighted by Gasteiger charge is -2.44. The van der Waals surface area contributed by atoms with Crippen LogP contribution in [-0.2, 0) is 6.42 Å². The molecule has 0 amide bonds. The molecule has 2 saturated carbocycles. The molecule has 3 atom stereocenters. The largest absolute Gasteiger partial charge is 0.0990 e. The van der Waals surface area contributed by atoms with E-state index in [4.69, 9.17) is 0 Å². The number of hydrogen-bond acceptors (Lipinski definition) is 0. The Morgan fingerprint density at radius 3 is 2.53 bits per heavy atom. The van der Waals surface area contributed by atoms with Crippen molar-refractivity contribution in [2.45, 2.75) is 39.5 Å². The van der Waals surface area contributed by atoms with Crippen LogP contribution >= 0.6 is 0 Å². The fourth-order valence-corrected chi connectivity index (χ4v) is 4.21. The highest BCUT2D eigenvalue weighted by Gasteiger charge is 2.58. The predicted octanol–water partition coefficient (Wildman–Crippen LogP) is 4.61. The number of benzene rings is 1. The Labute approximate surface area is 105 Å². The third-order valence-corrected chi connectivity index (χ3v) is 5.68. The molecule has 0 aromatic heterocycles. The topological polar surface area (TPSA) is 0 Å². The Bertz CT molecular complexity index is 444. The maximum atomic E-state index is 4.43. The zero-order chi connectivity index (χ0) is 12.1. The summed E-state index contributed by atoms with van der Waals surface area (Å²) in [6, 6.07) is 10.9. The van der Waals surface area contributed by atoms with Crippen LogP contribution < -0.4 is 0 Å². The third-order valence-electron chi connectivity index (χ3n) is 5.68. The van der Waals surface area contributed by atoms with Crippen LogP contribution in [0.25, 0.3) is 0 Å². The first kappa shape index (κ1) is 11.1. The van der Waals surface area contributed by atoms with Gasteiger partial charge in [-0.1, -0.05) is 56.3 Å². The highest BCUT2D eigenvalue weighted by atomic mass is 14.6. The van der Waals surface area contributed by atoms with Crippen LogP contribution in [-0.4, -0.2) is 0 Å². The molecule has 1 aromatic rings. The zero-order valence-corrected chi connectivity index (χ0v) is 11.0. The molecule has 2 aliphatic carbocycles. The van der Waals surface area contributed by atoms with Gasteiger partial charge < -0.3 is 0 Å². The van der Waals surface area contributed by atoms with Gasteiger partial charge in [0, 0.05) is 0 Å². The van der Waals surface area contributed by atoms with E-state index in [2.05, 4.69) is 50.8 Å². The van der Waals surface area contributed by atoms with Gasteiger partial charge in [0.05, 0.1) is 0 Å². The number of allylic oxidation sites excluding steroid dienone is 1. The van der Waals surface area contributed by atoms with Gasteiger partial charge in [-0.15, -0.1) is 0 Å². The average molecular weight is 226 g/mol. The van der Waals surface area contributed by atoms with Crippen molar-refractivity contribution in [1.29, 1.82) is 0 Å². The van der Waals surface area contributed by atoms with Crippen molar-refractivity contribution in [3.63, 3.8) is 0 Å². The van der Waals surface area contributed by atoms with Crippen LogP contribution in [0.3, 0.4) is 0 Å². The maximum absolute atomic E-state index is 4.43. The summed E-state index contributed by atoms with van der Waals surface area (Å²) in [5.74, 6) is 0.800.